The minimum atomic E-state index is -0.362. The van der Waals surface area contributed by atoms with E-state index in [-0.39, 0.29) is 11.7 Å². The summed E-state index contributed by atoms with van der Waals surface area (Å²) in [5.74, 6) is 1.73. The van der Waals surface area contributed by atoms with Crippen LogP contribution in [0, 0.1) is 5.92 Å². The number of hydrogen-bond donors (Lipinski definition) is 0. The Kier molecular flexibility index (Phi) is 2.51. The molecule has 2 aromatic rings. The molecule has 1 aromatic heterocycles. The van der Waals surface area contributed by atoms with Gasteiger partial charge in [0.2, 0.25) is 0 Å². The first kappa shape index (κ1) is 11.1. The molecule has 2 heterocycles. The van der Waals surface area contributed by atoms with Crippen LogP contribution >= 0.6 is 0 Å². The molecule has 94 valence electrons. The Bertz CT molecular complexity index is 642. The van der Waals surface area contributed by atoms with Crippen molar-refractivity contribution in [3.8, 4) is 11.5 Å². The van der Waals surface area contributed by atoms with E-state index in [1.54, 1.807) is 12.1 Å². The lowest BCUT2D eigenvalue weighted by Gasteiger charge is -2.29. The Labute approximate surface area is 104 Å². The Balaban J connectivity index is 2.08. The topological polar surface area (TPSA) is 48.7 Å². The standard InChI is InChI=1S/C14H14O4/c1-8(2)13-7-16-11-6-10-9(5-12(11)17-13)3-4-14(15)18-10/h3-6,8,13H,7H2,1-2H3/t13-/m0/s1. The molecule has 0 N–H and O–H groups in total. The lowest BCUT2D eigenvalue weighted by Crippen LogP contribution is -2.33. The van der Waals surface area contributed by atoms with Gasteiger partial charge in [-0.25, -0.2) is 4.79 Å². The highest BCUT2D eigenvalue weighted by molar-refractivity contribution is 5.80. The molecule has 4 nitrogen and oxygen atoms in total. The van der Waals surface area contributed by atoms with Gasteiger partial charge in [-0.2, -0.15) is 0 Å². The lowest BCUT2D eigenvalue weighted by molar-refractivity contribution is 0.0593. The molecule has 0 radical (unpaired) electrons. The third-order valence-electron chi connectivity index (χ3n) is 3.11. The van der Waals surface area contributed by atoms with E-state index < -0.39 is 0 Å². The average Bonchev–Trinajstić information content (AvgIpc) is 2.35. The van der Waals surface area contributed by atoms with Gasteiger partial charge >= 0.3 is 5.63 Å². The van der Waals surface area contributed by atoms with Crippen molar-refractivity contribution in [2.75, 3.05) is 6.61 Å². The highest BCUT2D eigenvalue weighted by Crippen LogP contribution is 2.36. The van der Waals surface area contributed by atoms with Crippen molar-refractivity contribution >= 4 is 11.0 Å². The van der Waals surface area contributed by atoms with Gasteiger partial charge in [0.05, 0.1) is 0 Å². The van der Waals surface area contributed by atoms with Crippen LogP contribution in [0.15, 0.2) is 33.5 Å². The number of ether oxygens (including phenoxy) is 2. The highest BCUT2D eigenvalue weighted by Gasteiger charge is 2.24. The fourth-order valence-corrected chi connectivity index (χ4v) is 1.98. The van der Waals surface area contributed by atoms with Crippen molar-refractivity contribution in [1.82, 2.24) is 0 Å². The summed E-state index contributed by atoms with van der Waals surface area (Å²) < 4.78 is 16.7. The van der Waals surface area contributed by atoms with E-state index in [2.05, 4.69) is 13.8 Å². The zero-order valence-corrected chi connectivity index (χ0v) is 10.3. The van der Waals surface area contributed by atoms with Crippen molar-refractivity contribution in [1.29, 1.82) is 0 Å². The van der Waals surface area contributed by atoms with E-state index in [0.717, 1.165) is 5.39 Å². The van der Waals surface area contributed by atoms with Crippen molar-refractivity contribution in [3.63, 3.8) is 0 Å². The summed E-state index contributed by atoms with van der Waals surface area (Å²) in [5, 5.41) is 0.835. The summed E-state index contributed by atoms with van der Waals surface area (Å²) in [6.45, 7) is 4.71. The summed E-state index contributed by atoms with van der Waals surface area (Å²) in [4.78, 5) is 11.2. The summed E-state index contributed by atoms with van der Waals surface area (Å²) >= 11 is 0. The van der Waals surface area contributed by atoms with Gasteiger partial charge in [-0.1, -0.05) is 13.8 Å². The highest BCUT2D eigenvalue weighted by atomic mass is 16.6. The Hall–Kier alpha value is -1.97. The first-order chi connectivity index (χ1) is 8.63. The van der Waals surface area contributed by atoms with Crippen molar-refractivity contribution in [2.45, 2.75) is 20.0 Å². The largest absolute Gasteiger partial charge is 0.486 e. The van der Waals surface area contributed by atoms with Gasteiger partial charge in [0.1, 0.15) is 18.3 Å². The minimum absolute atomic E-state index is 0.0608. The zero-order chi connectivity index (χ0) is 12.7. The maximum absolute atomic E-state index is 11.2. The van der Waals surface area contributed by atoms with E-state index >= 15 is 0 Å². The van der Waals surface area contributed by atoms with E-state index in [4.69, 9.17) is 13.9 Å². The molecule has 0 amide bonds. The van der Waals surface area contributed by atoms with Crippen LogP contribution in [0.4, 0.5) is 0 Å². The molecule has 3 rings (SSSR count). The first-order valence-corrected chi connectivity index (χ1v) is 6.01. The van der Waals surface area contributed by atoms with Gasteiger partial charge in [-0.15, -0.1) is 0 Å². The van der Waals surface area contributed by atoms with Crippen LogP contribution in [0.25, 0.3) is 11.0 Å². The van der Waals surface area contributed by atoms with Crippen LogP contribution in [0.1, 0.15) is 13.8 Å². The Morgan fingerprint density at radius 2 is 2.06 bits per heavy atom. The SMILES string of the molecule is CC(C)[C@@H]1COc2cc3oc(=O)ccc3cc2O1. The molecule has 0 saturated carbocycles. The fourth-order valence-electron chi connectivity index (χ4n) is 1.98. The Morgan fingerprint density at radius 3 is 2.83 bits per heavy atom. The molecule has 0 bridgehead atoms. The van der Waals surface area contributed by atoms with Gasteiger partial charge < -0.3 is 13.9 Å². The second-order valence-corrected chi connectivity index (χ2v) is 4.80. The molecule has 0 unspecified atom stereocenters. The van der Waals surface area contributed by atoms with E-state index in [1.165, 1.54) is 6.07 Å². The monoisotopic (exact) mass is 246 g/mol. The minimum Gasteiger partial charge on any atom is -0.486 e. The maximum Gasteiger partial charge on any atom is 0.336 e. The number of hydrogen-bond acceptors (Lipinski definition) is 4. The van der Waals surface area contributed by atoms with Crippen molar-refractivity contribution in [2.24, 2.45) is 5.92 Å². The Morgan fingerprint density at radius 1 is 1.22 bits per heavy atom. The van der Waals surface area contributed by atoms with Crippen LogP contribution in [-0.4, -0.2) is 12.7 Å². The van der Waals surface area contributed by atoms with Gasteiger partial charge in [0, 0.05) is 17.5 Å². The van der Waals surface area contributed by atoms with Gasteiger partial charge in [-0.3, -0.25) is 0 Å². The van der Waals surface area contributed by atoms with Crippen LogP contribution in [0.5, 0.6) is 11.5 Å². The molecule has 1 aromatic carbocycles. The summed E-state index contributed by atoms with van der Waals surface area (Å²) in [5.41, 5.74) is 0.159. The molecule has 18 heavy (non-hydrogen) atoms. The summed E-state index contributed by atoms with van der Waals surface area (Å²) in [6.07, 6.45) is 0.0608. The molecule has 0 saturated heterocycles. The lowest BCUT2D eigenvalue weighted by atomic mass is 10.1. The number of fused-ring (bicyclic) bond motifs is 2. The predicted molar refractivity (Wildman–Crippen MR) is 67.2 cm³/mol. The second-order valence-electron chi connectivity index (χ2n) is 4.80. The second kappa shape index (κ2) is 4.05. The molecular weight excluding hydrogens is 232 g/mol. The normalized spacial score (nSPS) is 18.3. The van der Waals surface area contributed by atoms with Crippen molar-refractivity contribution < 1.29 is 13.9 Å². The smallest absolute Gasteiger partial charge is 0.336 e. The third kappa shape index (κ3) is 1.83. The van der Waals surface area contributed by atoms with Crippen LogP contribution < -0.4 is 15.1 Å². The summed E-state index contributed by atoms with van der Waals surface area (Å²) in [6, 6.07) is 6.69. The number of benzene rings is 1. The zero-order valence-electron chi connectivity index (χ0n) is 10.3. The van der Waals surface area contributed by atoms with Crippen LogP contribution in [-0.2, 0) is 0 Å². The van der Waals surface area contributed by atoms with Crippen LogP contribution in [0.3, 0.4) is 0 Å². The van der Waals surface area contributed by atoms with E-state index in [1.807, 2.05) is 6.07 Å². The molecule has 0 aliphatic carbocycles. The molecule has 1 aliphatic rings. The van der Waals surface area contributed by atoms with E-state index in [9.17, 15) is 4.79 Å². The van der Waals surface area contributed by atoms with Gasteiger partial charge in [0.25, 0.3) is 0 Å². The summed E-state index contributed by atoms with van der Waals surface area (Å²) in [7, 11) is 0. The number of rotatable bonds is 1. The molecule has 1 atom stereocenters. The predicted octanol–water partition coefficient (Wildman–Crippen LogP) is 2.59. The molecule has 0 spiro atoms. The molecule has 1 aliphatic heterocycles. The maximum atomic E-state index is 11.2. The third-order valence-corrected chi connectivity index (χ3v) is 3.11. The van der Waals surface area contributed by atoms with Gasteiger partial charge in [0.15, 0.2) is 11.5 Å². The van der Waals surface area contributed by atoms with Gasteiger partial charge in [-0.05, 0) is 18.1 Å². The molecule has 0 fully saturated rings. The quantitative estimate of drug-likeness (QED) is 0.726. The molecular formula is C14H14O4. The van der Waals surface area contributed by atoms with Crippen LogP contribution in [0.2, 0.25) is 0 Å². The first-order valence-electron chi connectivity index (χ1n) is 6.01. The van der Waals surface area contributed by atoms with E-state index in [0.29, 0.717) is 29.6 Å². The fraction of sp³-hybridized carbons (Fsp3) is 0.357. The molecule has 4 heteroatoms. The average molecular weight is 246 g/mol. The van der Waals surface area contributed by atoms with Crippen molar-refractivity contribution in [3.05, 3.63) is 34.7 Å².